The number of nitrogens with zero attached hydrogens (tertiary/aromatic N) is 2. The van der Waals surface area contributed by atoms with Crippen molar-refractivity contribution in [1.29, 1.82) is 0 Å². The van der Waals surface area contributed by atoms with Gasteiger partial charge in [0.15, 0.2) is 0 Å². The highest BCUT2D eigenvalue weighted by Crippen LogP contribution is 2.33. The molecule has 7 heteroatoms. The molecule has 0 bridgehead atoms. The fourth-order valence-corrected chi connectivity index (χ4v) is 1.94. The lowest BCUT2D eigenvalue weighted by molar-refractivity contribution is -0.386. The summed E-state index contributed by atoms with van der Waals surface area (Å²) < 4.78 is 5.66. The van der Waals surface area contributed by atoms with Gasteiger partial charge in [-0.15, -0.1) is 0 Å². The van der Waals surface area contributed by atoms with E-state index in [4.69, 9.17) is 10.6 Å². The molecule has 0 atom stereocenters. The number of nitro groups is 1. The van der Waals surface area contributed by atoms with Crippen molar-refractivity contribution in [2.24, 2.45) is 5.84 Å². The molecule has 0 spiro atoms. The first-order valence-corrected chi connectivity index (χ1v) is 6.30. The second kappa shape index (κ2) is 5.76. The second-order valence-electron chi connectivity index (χ2n) is 4.73. The maximum atomic E-state index is 11.1. The lowest BCUT2D eigenvalue weighted by atomic mass is 10.1. The zero-order valence-electron chi connectivity index (χ0n) is 12.0. The molecule has 0 saturated carbocycles. The molecule has 1 heterocycles. The molecule has 7 nitrogen and oxygen atoms in total. The number of pyridine rings is 1. The summed E-state index contributed by atoms with van der Waals surface area (Å²) >= 11 is 0. The Kier molecular flexibility index (Phi) is 4.04. The number of anilines is 1. The number of benzene rings is 1. The Hall–Kier alpha value is -2.67. The molecule has 0 aliphatic rings. The van der Waals surface area contributed by atoms with E-state index >= 15 is 0 Å². The normalized spacial score (nSPS) is 10.3. The van der Waals surface area contributed by atoms with Gasteiger partial charge in [0.05, 0.1) is 4.92 Å². The summed E-state index contributed by atoms with van der Waals surface area (Å²) in [6.45, 7) is 5.77. The average molecular weight is 288 g/mol. The quantitative estimate of drug-likeness (QED) is 0.509. The Morgan fingerprint density at radius 2 is 2.00 bits per heavy atom. The zero-order chi connectivity index (χ0) is 15.6. The Morgan fingerprint density at radius 1 is 1.29 bits per heavy atom. The molecule has 0 radical (unpaired) electrons. The molecule has 2 aromatic rings. The van der Waals surface area contributed by atoms with E-state index in [0.717, 1.165) is 16.7 Å². The number of hydrazine groups is 1. The van der Waals surface area contributed by atoms with Crippen LogP contribution in [0.1, 0.15) is 16.7 Å². The zero-order valence-corrected chi connectivity index (χ0v) is 12.0. The Labute approximate surface area is 121 Å². The van der Waals surface area contributed by atoms with Crippen LogP contribution in [0.25, 0.3) is 0 Å². The number of nitrogen functional groups attached to an aromatic ring is 1. The van der Waals surface area contributed by atoms with Crippen LogP contribution in [0.15, 0.2) is 24.3 Å². The van der Waals surface area contributed by atoms with Gasteiger partial charge in [-0.2, -0.15) is 4.98 Å². The number of rotatable bonds is 4. The second-order valence-corrected chi connectivity index (χ2v) is 4.73. The maximum Gasteiger partial charge on any atom is 0.331 e. The van der Waals surface area contributed by atoms with Crippen molar-refractivity contribution >= 4 is 11.5 Å². The summed E-state index contributed by atoms with van der Waals surface area (Å²) in [5.74, 6) is 6.01. The van der Waals surface area contributed by atoms with Crippen LogP contribution in [0.5, 0.6) is 11.6 Å². The van der Waals surface area contributed by atoms with Crippen LogP contribution in [0.2, 0.25) is 0 Å². The van der Waals surface area contributed by atoms with E-state index in [1.807, 2.05) is 32.9 Å². The molecule has 2 rings (SSSR count). The number of hydrogen-bond donors (Lipinski definition) is 2. The summed E-state index contributed by atoms with van der Waals surface area (Å²) in [5, 5.41) is 11.1. The van der Waals surface area contributed by atoms with Gasteiger partial charge in [-0.05, 0) is 49.6 Å². The lowest BCUT2D eigenvalue weighted by Gasteiger charge is -2.12. The summed E-state index contributed by atoms with van der Waals surface area (Å²) in [6.07, 6.45) is 0. The predicted molar refractivity (Wildman–Crippen MR) is 79.4 cm³/mol. The number of aromatic nitrogens is 1. The van der Waals surface area contributed by atoms with Crippen LogP contribution >= 0.6 is 0 Å². The number of hydrogen-bond acceptors (Lipinski definition) is 6. The largest absolute Gasteiger partial charge is 0.433 e. The lowest BCUT2D eigenvalue weighted by Crippen LogP contribution is -2.09. The van der Waals surface area contributed by atoms with Crippen molar-refractivity contribution in [1.82, 2.24) is 4.98 Å². The van der Waals surface area contributed by atoms with E-state index in [1.54, 1.807) is 0 Å². The van der Waals surface area contributed by atoms with E-state index in [1.165, 1.54) is 12.1 Å². The van der Waals surface area contributed by atoms with Crippen molar-refractivity contribution in [2.75, 3.05) is 5.43 Å². The van der Waals surface area contributed by atoms with Crippen LogP contribution < -0.4 is 16.0 Å². The minimum Gasteiger partial charge on any atom is -0.433 e. The Morgan fingerprint density at radius 3 is 2.62 bits per heavy atom. The van der Waals surface area contributed by atoms with Gasteiger partial charge in [-0.25, -0.2) is 5.84 Å². The molecular weight excluding hydrogens is 272 g/mol. The number of nitrogens with two attached hydrogens (primary N) is 1. The van der Waals surface area contributed by atoms with Gasteiger partial charge in [0.2, 0.25) is 0 Å². The molecule has 0 amide bonds. The third-order valence-electron chi connectivity index (χ3n) is 3.16. The van der Waals surface area contributed by atoms with Crippen molar-refractivity contribution in [3.8, 4) is 11.6 Å². The van der Waals surface area contributed by atoms with Gasteiger partial charge in [-0.3, -0.25) is 10.1 Å². The van der Waals surface area contributed by atoms with E-state index in [-0.39, 0.29) is 17.4 Å². The number of aryl methyl sites for hydroxylation is 2. The first-order chi connectivity index (χ1) is 9.92. The average Bonchev–Trinajstić information content (AvgIpc) is 2.43. The standard InChI is InChI=1S/C14H16N4O3/c1-8-6-9(2)10(3)12(7-8)21-14-11(18(19)20)4-5-13(16-14)17-15/h4-7H,15H2,1-3H3,(H,16,17). The molecule has 21 heavy (non-hydrogen) atoms. The molecule has 110 valence electrons. The van der Waals surface area contributed by atoms with Crippen LogP contribution in [0, 0.1) is 30.9 Å². The molecule has 3 N–H and O–H groups in total. The number of nitrogens with one attached hydrogen (secondary N) is 1. The van der Waals surface area contributed by atoms with Crippen molar-refractivity contribution in [2.45, 2.75) is 20.8 Å². The summed E-state index contributed by atoms with van der Waals surface area (Å²) in [4.78, 5) is 14.5. The Bertz CT molecular complexity index is 701. The highest BCUT2D eigenvalue weighted by atomic mass is 16.6. The molecule has 0 fully saturated rings. The van der Waals surface area contributed by atoms with E-state index in [2.05, 4.69) is 10.4 Å². The molecule has 0 aliphatic carbocycles. The first-order valence-electron chi connectivity index (χ1n) is 6.30. The predicted octanol–water partition coefficient (Wildman–Crippen LogP) is 2.99. The van der Waals surface area contributed by atoms with Crippen LogP contribution in [-0.4, -0.2) is 9.91 Å². The van der Waals surface area contributed by atoms with Crippen LogP contribution in [0.3, 0.4) is 0 Å². The molecule has 0 unspecified atom stereocenters. The van der Waals surface area contributed by atoms with Gasteiger partial charge in [0.1, 0.15) is 11.6 Å². The van der Waals surface area contributed by atoms with E-state index < -0.39 is 4.92 Å². The Balaban J connectivity index is 2.50. The van der Waals surface area contributed by atoms with Gasteiger partial charge >= 0.3 is 11.6 Å². The molecule has 1 aromatic carbocycles. The third kappa shape index (κ3) is 3.09. The monoisotopic (exact) mass is 288 g/mol. The van der Waals surface area contributed by atoms with Gasteiger partial charge in [-0.1, -0.05) is 6.07 Å². The van der Waals surface area contributed by atoms with Crippen LogP contribution in [-0.2, 0) is 0 Å². The van der Waals surface area contributed by atoms with E-state index in [0.29, 0.717) is 5.75 Å². The van der Waals surface area contributed by atoms with Gasteiger partial charge in [0, 0.05) is 6.07 Å². The summed E-state index contributed by atoms with van der Waals surface area (Å²) in [5.41, 5.74) is 5.08. The van der Waals surface area contributed by atoms with Gasteiger partial charge < -0.3 is 10.2 Å². The fourth-order valence-electron chi connectivity index (χ4n) is 1.94. The van der Waals surface area contributed by atoms with Crippen molar-refractivity contribution in [3.05, 3.63) is 51.1 Å². The molecule has 0 aliphatic heterocycles. The molecule has 1 aromatic heterocycles. The first kappa shape index (κ1) is 14.7. The van der Waals surface area contributed by atoms with E-state index in [9.17, 15) is 10.1 Å². The SMILES string of the molecule is Cc1cc(C)c(C)c(Oc2nc(NN)ccc2[N+](=O)[O-])c1. The fraction of sp³-hybridized carbons (Fsp3) is 0.214. The van der Waals surface area contributed by atoms with Crippen LogP contribution in [0.4, 0.5) is 11.5 Å². The topological polar surface area (TPSA) is 103 Å². The smallest absolute Gasteiger partial charge is 0.331 e. The summed E-state index contributed by atoms with van der Waals surface area (Å²) in [7, 11) is 0. The minimum atomic E-state index is -0.541. The number of ether oxygens (including phenoxy) is 1. The van der Waals surface area contributed by atoms with Crippen molar-refractivity contribution < 1.29 is 9.66 Å². The molecule has 0 saturated heterocycles. The minimum absolute atomic E-state index is 0.0939. The highest BCUT2D eigenvalue weighted by Gasteiger charge is 2.19. The van der Waals surface area contributed by atoms with Gasteiger partial charge in [0.25, 0.3) is 0 Å². The summed E-state index contributed by atoms with van der Waals surface area (Å²) in [6, 6.07) is 6.55. The van der Waals surface area contributed by atoms with Crippen molar-refractivity contribution in [3.63, 3.8) is 0 Å². The maximum absolute atomic E-state index is 11.1. The highest BCUT2D eigenvalue weighted by molar-refractivity contribution is 5.52. The third-order valence-corrected chi connectivity index (χ3v) is 3.16. The molecular formula is C14H16N4O3.